The van der Waals surface area contributed by atoms with Crippen molar-refractivity contribution in [1.82, 2.24) is 14.9 Å². The fraction of sp³-hybridized carbons (Fsp3) is 0.464. The van der Waals surface area contributed by atoms with Gasteiger partial charge in [-0.25, -0.2) is 9.97 Å². The maximum atomic E-state index is 13.4. The molecule has 0 spiro atoms. The van der Waals surface area contributed by atoms with Crippen LogP contribution in [-0.4, -0.2) is 47.0 Å². The zero-order chi connectivity index (χ0) is 28.3. The number of nitrogens with zero attached hydrogens (tertiary/aromatic N) is 3. The van der Waals surface area contributed by atoms with E-state index in [4.69, 9.17) is 16.2 Å². The van der Waals surface area contributed by atoms with E-state index in [-0.39, 0.29) is 17.5 Å². The summed E-state index contributed by atoms with van der Waals surface area (Å²) in [5.74, 6) is 1.96. The van der Waals surface area contributed by atoms with Crippen molar-refractivity contribution in [2.45, 2.75) is 58.2 Å². The van der Waals surface area contributed by atoms with Crippen LogP contribution in [-0.2, 0) is 11.0 Å². The van der Waals surface area contributed by atoms with E-state index in [2.05, 4.69) is 15.3 Å². The van der Waals surface area contributed by atoms with E-state index < -0.39 is 17.8 Å². The van der Waals surface area contributed by atoms with Gasteiger partial charge >= 0.3 is 6.18 Å². The Morgan fingerprint density at radius 3 is 2.54 bits per heavy atom. The maximum absolute atomic E-state index is 13.4. The normalized spacial score (nSPS) is 15.4. The summed E-state index contributed by atoms with van der Waals surface area (Å²) in [6, 6.07) is 6.94. The number of aromatic nitrogens is 2. The Morgan fingerprint density at radius 2 is 1.90 bits per heavy atom. The summed E-state index contributed by atoms with van der Waals surface area (Å²) in [5, 5.41) is 4.03. The van der Waals surface area contributed by atoms with Gasteiger partial charge in [0.05, 0.1) is 23.7 Å². The number of nitrogens with two attached hydrogens (primary N) is 2. The van der Waals surface area contributed by atoms with Crippen molar-refractivity contribution in [2.24, 2.45) is 5.73 Å². The molecule has 1 aliphatic rings. The Balaban J connectivity index is 1.72. The molecule has 4 rings (SSSR count). The number of ether oxygens (including phenoxy) is 1. The van der Waals surface area contributed by atoms with Crippen LogP contribution in [0, 0.1) is 6.92 Å². The van der Waals surface area contributed by atoms with Gasteiger partial charge in [-0.15, -0.1) is 0 Å². The number of rotatable bonds is 8. The van der Waals surface area contributed by atoms with Crippen LogP contribution >= 0.6 is 0 Å². The summed E-state index contributed by atoms with van der Waals surface area (Å²) < 4.78 is 46.3. The first-order chi connectivity index (χ1) is 18.5. The van der Waals surface area contributed by atoms with Crippen LogP contribution in [0.2, 0.25) is 0 Å². The lowest BCUT2D eigenvalue weighted by molar-refractivity contribution is -0.137. The molecule has 1 atom stereocenters. The topological polar surface area (TPSA) is 119 Å². The Hall–Kier alpha value is -3.60. The largest absolute Gasteiger partial charge is 0.493 e. The van der Waals surface area contributed by atoms with Gasteiger partial charge in [-0.3, -0.25) is 4.79 Å². The zero-order valence-corrected chi connectivity index (χ0v) is 22.4. The van der Waals surface area contributed by atoms with Crippen molar-refractivity contribution < 1.29 is 22.7 Å². The summed E-state index contributed by atoms with van der Waals surface area (Å²) in [5.41, 5.74) is 12.8. The molecule has 3 aromatic rings. The summed E-state index contributed by atoms with van der Waals surface area (Å²) in [4.78, 5) is 22.9. The van der Waals surface area contributed by atoms with Gasteiger partial charge in [0.2, 0.25) is 5.91 Å². The molecule has 1 amide bonds. The number of piperidine rings is 1. The quantitative estimate of drug-likeness (QED) is 0.265. The van der Waals surface area contributed by atoms with Crippen LogP contribution in [0.15, 0.2) is 30.3 Å². The molecule has 1 saturated heterocycles. The Bertz CT molecular complexity index is 1340. The summed E-state index contributed by atoms with van der Waals surface area (Å²) in [6.45, 7) is 7.39. The fourth-order valence-corrected chi connectivity index (χ4v) is 4.99. The lowest BCUT2D eigenvalue weighted by atomic mass is 9.88. The number of nitrogen functional groups attached to an aromatic ring is 1. The second-order valence-corrected chi connectivity index (χ2v) is 10.0. The van der Waals surface area contributed by atoms with Gasteiger partial charge in [0, 0.05) is 37.2 Å². The smallest absolute Gasteiger partial charge is 0.416 e. The summed E-state index contributed by atoms with van der Waals surface area (Å²) >= 11 is 0. The molecule has 1 aliphatic heterocycles. The van der Waals surface area contributed by atoms with Gasteiger partial charge in [-0.05, 0) is 81.0 Å². The molecular formula is C28H35F3N6O2. The minimum Gasteiger partial charge on any atom is -0.493 e. The number of hydrogen-bond donors (Lipinski definition) is 3. The molecule has 0 aliphatic carbocycles. The molecule has 1 aromatic heterocycles. The number of nitrogens with one attached hydrogen (secondary N) is 1. The molecule has 8 nitrogen and oxygen atoms in total. The third-order valence-electron chi connectivity index (χ3n) is 7.08. The van der Waals surface area contributed by atoms with Crippen LogP contribution in [0.5, 0.6) is 5.75 Å². The molecule has 0 bridgehead atoms. The summed E-state index contributed by atoms with van der Waals surface area (Å²) in [7, 11) is 0. The number of fused-ring (bicyclic) bond motifs is 1. The van der Waals surface area contributed by atoms with E-state index >= 15 is 0 Å². The first-order valence-electron chi connectivity index (χ1n) is 13.1. The first-order valence-corrected chi connectivity index (χ1v) is 13.1. The molecule has 5 N–H and O–H groups in total. The minimum atomic E-state index is -4.50. The monoisotopic (exact) mass is 544 g/mol. The van der Waals surface area contributed by atoms with Gasteiger partial charge in [-0.2, -0.15) is 13.2 Å². The number of carbonyl (C=O) groups excluding carboxylic acids is 1. The highest BCUT2D eigenvalue weighted by molar-refractivity contribution is 5.91. The summed E-state index contributed by atoms with van der Waals surface area (Å²) in [6.07, 6.45) is -2.23. The highest BCUT2D eigenvalue weighted by Crippen LogP contribution is 2.39. The van der Waals surface area contributed by atoms with Crippen LogP contribution in [0.4, 0.5) is 24.7 Å². The van der Waals surface area contributed by atoms with Crippen LogP contribution in [0.1, 0.15) is 67.6 Å². The number of benzene rings is 2. The third-order valence-corrected chi connectivity index (χ3v) is 7.08. The van der Waals surface area contributed by atoms with Crippen LogP contribution in [0.3, 0.4) is 0 Å². The van der Waals surface area contributed by atoms with Gasteiger partial charge in [0.25, 0.3) is 0 Å². The van der Waals surface area contributed by atoms with Gasteiger partial charge in [-0.1, -0.05) is 0 Å². The molecule has 11 heteroatoms. The average molecular weight is 545 g/mol. The van der Waals surface area contributed by atoms with E-state index in [9.17, 15) is 18.0 Å². The number of anilines is 2. The lowest BCUT2D eigenvalue weighted by Crippen LogP contribution is -2.36. The molecule has 0 unspecified atom stereocenters. The van der Waals surface area contributed by atoms with Crippen molar-refractivity contribution in [3.8, 4) is 5.75 Å². The molecule has 0 saturated carbocycles. The molecule has 2 heterocycles. The third kappa shape index (κ3) is 6.70. The van der Waals surface area contributed by atoms with Crippen molar-refractivity contribution >= 4 is 28.3 Å². The number of halogens is 3. The van der Waals surface area contributed by atoms with E-state index in [0.29, 0.717) is 55.4 Å². The number of alkyl halides is 3. The van der Waals surface area contributed by atoms with E-state index in [0.717, 1.165) is 41.7 Å². The zero-order valence-electron chi connectivity index (χ0n) is 22.4. The van der Waals surface area contributed by atoms with E-state index in [1.807, 2.05) is 17.0 Å². The predicted molar refractivity (Wildman–Crippen MR) is 146 cm³/mol. The SMILES string of the molecule is CC(=O)N1CCC(c2cc3c(N[C@H](C)c4cc(N)cc(C(F)(F)F)c4)nc(C)nc3cc2OCCCN)CC1. The predicted octanol–water partition coefficient (Wildman–Crippen LogP) is 5.17. The number of likely N-dealkylation sites (tertiary alicyclic amines) is 1. The second-order valence-electron chi connectivity index (χ2n) is 10.0. The van der Waals surface area contributed by atoms with Crippen LogP contribution in [0.25, 0.3) is 10.9 Å². The van der Waals surface area contributed by atoms with Crippen molar-refractivity contribution in [3.63, 3.8) is 0 Å². The first kappa shape index (κ1) is 28.4. The van der Waals surface area contributed by atoms with Crippen molar-refractivity contribution in [1.29, 1.82) is 0 Å². The Kier molecular flexibility index (Phi) is 8.48. The number of hydrogen-bond acceptors (Lipinski definition) is 7. The van der Waals surface area contributed by atoms with Crippen molar-refractivity contribution in [3.05, 3.63) is 52.8 Å². The minimum absolute atomic E-state index is 0.0376. The maximum Gasteiger partial charge on any atom is 0.416 e. The second kappa shape index (κ2) is 11.6. The standard InChI is InChI=1S/C28H35F3N6O2/c1-16(20-11-21(28(29,30)31)13-22(33)12-20)34-27-24-14-23(19-5-8-37(9-6-19)18(3)38)26(39-10-4-7-32)15-25(24)35-17(2)36-27/h11-16,19H,4-10,32-33H2,1-3H3,(H,34,35,36)/t16-/m1/s1. The molecule has 210 valence electrons. The van der Waals surface area contributed by atoms with Crippen molar-refractivity contribution in [2.75, 3.05) is 37.3 Å². The molecular weight excluding hydrogens is 509 g/mol. The lowest BCUT2D eigenvalue weighted by Gasteiger charge is -2.32. The Labute approximate surface area is 225 Å². The molecule has 2 aromatic carbocycles. The molecule has 0 radical (unpaired) electrons. The highest BCUT2D eigenvalue weighted by Gasteiger charge is 2.31. The van der Waals surface area contributed by atoms with Crippen LogP contribution < -0.4 is 21.5 Å². The fourth-order valence-electron chi connectivity index (χ4n) is 4.99. The Morgan fingerprint density at radius 1 is 1.18 bits per heavy atom. The van der Waals surface area contributed by atoms with Gasteiger partial charge < -0.3 is 26.4 Å². The molecule has 39 heavy (non-hydrogen) atoms. The van der Waals surface area contributed by atoms with Gasteiger partial charge in [0.1, 0.15) is 17.4 Å². The number of carbonyl (C=O) groups is 1. The van der Waals surface area contributed by atoms with Gasteiger partial charge in [0.15, 0.2) is 0 Å². The molecule has 1 fully saturated rings. The number of amides is 1. The number of aryl methyl sites for hydroxylation is 1. The average Bonchev–Trinajstić information content (AvgIpc) is 2.87. The van der Waals surface area contributed by atoms with E-state index in [1.54, 1.807) is 20.8 Å². The highest BCUT2D eigenvalue weighted by atomic mass is 19.4. The van der Waals surface area contributed by atoms with E-state index in [1.165, 1.54) is 6.07 Å².